The van der Waals surface area contributed by atoms with Gasteiger partial charge in [0, 0.05) is 61.0 Å². The van der Waals surface area contributed by atoms with E-state index in [0.29, 0.717) is 29.6 Å². The maximum absolute atomic E-state index is 12.8. The van der Waals surface area contributed by atoms with Crippen LogP contribution in [0.1, 0.15) is 81.6 Å². The Balaban J connectivity index is 1.60. The lowest BCUT2D eigenvalue weighted by Gasteiger charge is -2.41. The first-order valence-corrected chi connectivity index (χ1v) is 15.2. The molecule has 3 aromatic rings. The molecule has 230 valence electrons. The number of aryl methyl sites for hydroxylation is 2. The van der Waals surface area contributed by atoms with Crippen LogP contribution >= 0.6 is 0 Å². The van der Waals surface area contributed by atoms with E-state index in [-0.39, 0.29) is 5.41 Å². The van der Waals surface area contributed by atoms with Crippen LogP contribution in [0.4, 0.5) is 11.6 Å². The number of methoxy groups -OCH3 is 1. The number of aromatic nitrogens is 3. The first-order chi connectivity index (χ1) is 20.3. The monoisotopic (exact) mass is 587 g/mol. The fourth-order valence-electron chi connectivity index (χ4n) is 6.23. The zero-order valence-electron chi connectivity index (χ0n) is 26.8. The van der Waals surface area contributed by atoms with Crippen molar-refractivity contribution in [3.63, 3.8) is 0 Å². The molecule has 1 N–H and O–H groups in total. The molecule has 1 unspecified atom stereocenters. The van der Waals surface area contributed by atoms with Crippen molar-refractivity contribution in [1.82, 2.24) is 15.0 Å². The topological polar surface area (TPSA) is 101 Å². The minimum atomic E-state index is -1.13. The molecule has 0 amide bonds. The van der Waals surface area contributed by atoms with E-state index in [0.717, 1.165) is 61.4 Å². The molecule has 2 aromatic heterocycles. The number of anilines is 2. The summed E-state index contributed by atoms with van der Waals surface area (Å²) in [7, 11) is 1.61. The van der Waals surface area contributed by atoms with Crippen LogP contribution in [-0.2, 0) is 22.5 Å². The predicted octanol–water partition coefficient (Wildman–Crippen LogP) is 6.29. The first kappa shape index (κ1) is 30.7. The van der Waals surface area contributed by atoms with Gasteiger partial charge in [-0.05, 0) is 76.0 Å². The zero-order chi connectivity index (χ0) is 31.1. The second-order valence-corrected chi connectivity index (χ2v) is 13.6. The van der Waals surface area contributed by atoms with Crippen LogP contribution in [0, 0.1) is 19.3 Å². The van der Waals surface area contributed by atoms with E-state index in [9.17, 15) is 9.90 Å². The third kappa shape index (κ3) is 6.61. The molecule has 0 bridgehead atoms. The normalized spacial score (nSPS) is 17.4. The van der Waals surface area contributed by atoms with Crippen molar-refractivity contribution < 1.29 is 19.4 Å². The van der Waals surface area contributed by atoms with Crippen molar-refractivity contribution in [2.45, 2.75) is 86.0 Å². The maximum atomic E-state index is 12.8. The van der Waals surface area contributed by atoms with E-state index in [1.54, 1.807) is 19.4 Å². The van der Waals surface area contributed by atoms with E-state index < -0.39 is 17.7 Å². The summed E-state index contributed by atoms with van der Waals surface area (Å²) in [6, 6.07) is 8.34. The van der Waals surface area contributed by atoms with Crippen molar-refractivity contribution in [2.24, 2.45) is 5.41 Å². The number of pyridine rings is 1. The molecular weight excluding hydrogens is 542 g/mol. The predicted molar refractivity (Wildman–Crippen MR) is 169 cm³/mol. The van der Waals surface area contributed by atoms with E-state index in [1.165, 1.54) is 11.1 Å². The Bertz CT molecular complexity index is 1500. The number of rotatable bonds is 7. The van der Waals surface area contributed by atoms with Gasteiger partial charge in [-0.25, -0.2) is 9.78 Å². The molecule has 0 aliphatic carbocycles. The average molecular weight is 588 g/mol. The Labute approximate surface area is 255 Å². The molecule has 5 rings (SSSR count). The highest BCUT2D eigenvalue weighted by Crippen LogP contribution is 2.45. The molecule has 1 fully saturated rings. The lowest BCUT2D eigenvalue weighted by atomic mass is 9.81. The molecule has 0 saturated carbocycles. The summed E-state index contributed by atoms with van der Waals surface area (Å²) in [4.78, 5) is 31.3. The molecule has 0 radical (unpaired) electrons. The van der Waals surface area contributed by atoms with Gasteiger partial charge in [-0.2, -0.15) is 4.98 Å². The van der Waals surface area contributed by atoms with E-state index >= 15 is 0 Å². The van der Waals surface area contributed by atoms with E-state index in [2.05, 4.69) is 51.8 Å². The quantitative estimate of drug-likeness (QED) is 0.342. The second-order valence-electron chi connectivity index (χ2n) is 13.6. The number of ether oxygens (including phenoxy) is 2. The molecule has 1 atom stereocenters. The molecule has 9 heteroatoms. The number of benzene rings is 1. The van der Waals surface area contributed by atoms with Gasteiger partial charge in [-0.3, -0.25) is 4.98 Å². The summed E-state index contributed by atoms with van der Waals surface area (Å²) in [6.45, 7) is 17.4. The fourth-order valence-corrected chi connectivity index (χ4v) is 6.23. The number of hydrogen-bond acceptors (Lipinski definition) is 8. The summed E-state index contributed by atoms with van der Waals surface area (Å²) in [5, 5.41) is 10.5. The molecular formula is C34H45N5O4. The second kappa shape index (κ2) is 11.8. The molecule has 43 heavy (non-hydrogen) atoms. The van der Waals surface area contributed by atoms with Crippen LogP contribution in [0.3, 0.4) is 0 Å². The molecule has 9 nitrogen and oxygen atoms in total. The van der Waals surface area contributed by atoms with Crippen LogP contribution in [0.2, 0.25) is 0 Å². The van der Waals surface area contributed by atoms with Crippen LogP contribution < -0.4 is 14.5 Å². The largest absolute Gasteiger partial charge is 0.481 e. The standard InChI is InChI=1S/C34H45N5O4/c1-21-27(24-9-10-25-20-39(16-12-23(25)19-24)32-35-15-11-26(37-32)42-8)29(38-17-13-34(6,7)14-18-38)28(22(2)36-21)30(31(40)41)43-33(3,4)5/h9-11,15,19,30H,12-14,16-18,20H2,1-8H3,(H,40,41). The number of aliphatic carboxylic acids is 1. The van der Waals surface area contributed by atoms with Gasteiger partial charge in [-0.1, -0.05) is 32.0 Å². The highest BCUT2D eigenvalue weighted by atomic mass is 16.5. The van der Waals surface area contributed by atoms with Crippen LogP contribution in [0.15, 0.2) is 30.5 Å². The fraction of sp³-hybridized carbons (Fsp3) is 0.529. The summed E-state index contributed by atoms with van der Waals surface area (Å²) in [5.41, 5.74) is 7.32. The Morgan fingerprint density at radius 3 is 2.37 bits per heavy atom. The molecule has 2 aliphatic rings. The van der Waals surface area contributed by atoms with Gasteiger partial charge in [0.05, 0.1) is 18.4 Å². The van der Waals surface area contributed by atoms with Gasteiger partial charge in [0.2, 0.25) is 11.8 Å². The van der Waals surface area contributed by atoms with Crippen LogP contribution in [0.5, 0.6) is 5.88 Å². The van der Waals surface area contributed by atoms with Crippen molar-refractivity contribution in [3.8, 4) is 17.0 Å². The zero-order valence-corrected chi connectivity index (χ0v) is 26.8. The summed E-state index contributed by atoms with van der Waals surface area (Å²) in [5.74, 6) is 0.206. The van der Waals surface area contributed by atoms with E-state index in [4.69, 9.17) is 14.5 Å². The Morgan fingerprint density at radius 2 is 1.72 bits per heavy atom. The number of carboxylic acid groups (broad SMARTS) is 1. The third-order valence-electron chi connectivity index (χ3n) is 8.59. The summed E-state index contributed by atoms with van der Waals surface area (Å²) >= 11 is 0. The molecule has 1 saturated heterocycles. The Kier molecular flexibility index (Phi) is 8.40. The number of hydrogen-bond donors (Lipinski definition) is 1. The van der Waals surface area contributed by atoms with Gasteiger partial charge in [0.15, 0.2) is 6.10 Å². The number of piperidine rings is 1. The van der Waals surface area contributed by atoms with Crippen molar-refractivity contribution in [2.75, 3.05) is 36.5 Å². The summed E-state index contributed by atoms with van der Waals surface area (Å²) in [6.07, 6.45) is 3.48. The smallest absolute Gasteiger partial charge is 0.337 e. The third-order valence-corrected chi connectivity index (χ3v) is 8.59. The lowest BCUT2D eigenvalue weighted by molar-refractivity contribution is -0.160. The number of carboxylic acids is 1. The average Bonchev–Trinajstić information content (AvgIpc) is 2.95. The molecule has 2 aliphatic heterocycles. The lowest BCUT2D eigenvalue weighted by Crippen LogP contribution is -2.39. The van der Waals surface area contributed by atoms with Crippen molar-refractivity contribution >= 4 is 17.6 Å². The van der Waals surface area contributed by atoms with Gasteiger partial charge in [-0.15, -0.1) is 0 Å². The van der Waals surface area contributed by atoms with Gasteiger partial charge >= 0.3 is 5.97 Å². The van der Waals surface area contributed by atoms with Crippen LogP contribution in [-0.4, -0.2) is 58.4 Å². The number of nitrogens with zero attached hydrogens (tertiary/aromatic N) is 5. The van der Waals surface area contributed by atoms with Gasteiger partial charge in [0.25, 0.3) is 0 Å². The van der Waals surface area contributed by atoms with Crippen molar-refractivity contribution in [3.05, 3.63) is 58.5 Å². The van der Waals surface area contributed by atoms with Gasteiger partial charge < -0.3 is 24.4 Å². The molecule has 1 aromatic carbocycles. The first-order valence-electron chi connectivity index (χ1n) is 15.2. The van der Waals surface area contributed by atoms with E-state index in [1.807, 2.05) is 34.6 Å². The van der Waals surface area contributed by atoms with Crippen molar-refractivity contribution in [1.29, 1.82) is 0 Å². The minimum absolute atomic E-state index is 0.242. The summed E-state index contributed by atoms with van der Waals surface area (Å²) < 4.78 is 11.5. The SMILES string of the molecule is COc1ccnc(N2CCc3cc(-c4c(C)nc(C)c(C(OC(C)(C)C)C(=O)O)c4N4CCC(C)(C)CC4)ccc3C2)n1. The number of fused-ring (bicyclic) bond motifs is 1. The van der Waals surface area contributed by atoms with Gasteiger partial charge in [0.1, 0.15) is 0 Å². The number of carbonyl (C=O) groups is 1. The maximum Gasteiger partial charge on any atom is 0.337 e. The van der Waals surface area contributed by atoms with Crippen LogP contribution in [0.25, 0.3) is 11.1 Å². The molecule has 0 spiro atoms. The Morgan fingerprint density at radius 1 is 1.00 bits per heavy atom. The Hall–Kier alpha value is -3.72. The highest BCUT2D eigenvalue weighted by Gasteiger charge is 2.36. The molecule has 4 heterocycles. The minimum Gasteiger partial charge on any atom is -0.481 e. The highest BCUT2D eigenvalue weighted by molar-refractivity contribution is 5.88.